The van der Waals surface area contributed by atoms with Crippen LogP contribution in [0.4, 0.5) is 0 Å². The normalized spacial score (nSPS) is 21.5. The molecule has 1 aromatic rings. The van der Waals surface area contributed by atoms with E-state index in [2.05, 4.69) is 11.8 Å². The van der Waals surface area contributed by atoms with E-state index >= 15 is 0 Å². The van der Waals surface area contributed by atoms with Crippen molar-refractivity contribution in [3.05, 3.63) is 35.4 Å². The van der Waals surface area contributed by atoms with Gasteiger partial charge in [0.1, 0.15) is 0 Å². The zero-order valence-corrected chi connectivity index (χ0v) is 13.1. The van der Waals surface area contributed by atoms with Crippen molar-refractivity contribution in [1.82, 2.24) is 9.80 Å². The Morgan fingerprint density at radius 1 is 0.952 bits per heavy atom. The van der Waals surface area contributed by atoms with Crippen molar-refractivity contribution in [3.63, 3.8) is 0 Å². The summed E-state index contributed by atoms with van der Waals surface area (Å²) < 4.78 is 0. The lowest BCUT2D eigenvalue weighted by atomic mass is 9.99. The van der Waals surface area contributed by atoms with Crippen LogP contribution in [0.15, 0.2) is 24.3 Å². The lowest BCUT2D eigenvalue weighted by Crippen LogP contribution is -2.48. The predicted octanol–water partition coefficient (Wildman–Crippen LogP) is 3.09. The van der Waals surface area contributed by atoms with Crippen LogP contribution in [0.2, 0.25) is 0 Å². The number of benzene rings is 1. The van der Waals surface area contributed by atoms with E-state index in [0.717, 1.165) is 31.5 Å². The molecule has 1 amide bonds. The number of hydrogen-bond acceptors (Lipinski definition) is 2. The fourth-order valence-corrected chi connectivity index (χ4v) is 3.60. The highest BCUT2D eigenvalue weighted by Crippen LogP contribution is 2.22. The molecule has 114 valence electrons. The van der Waals surface area contributed by atoms with E-state index in [1.165, 1.54) is 37.9 Å². The summed E-state index contributed by atoms with van der Waals surface area (Å²) >= 11 is 0. The molecule has 0 spiro atoms. The van der Waals surface area contributed by atoms with Crippen LogP contribution in [-0.4, -0.2) is 47.9 Å². The average Bonchev–Trinajstić information content (AvgIpc) is 2.56. The maximum Gasteiger partial charge on any atom is 0.253 e. The molecule has 2 aliphatic rings. The number of rotatable bonds is 2. The number of likely N-dealkylation sites (tertiary alicyclic amines) is 2. The molecular formula is C18H26N2O. The number of hydrogen-bond donors (Lipinski definition) is 0. The third-order valence-corrected chi connectivity index (χ3v) is 4.96. The molecular weight excluding hydrogens is 260 g/mol. The third kappa shape index (κ3) is 3.46. The van der Waals surface area contributed by atoms with Gasteiger partial charge in [0.2, 0.25) is 0 Å². The lowest BCUT2D eigenvalue weighted by Gasteiger charge is -2.40. The van der Waals surface area contributed by atoms with E-state index < -0.39 is 0 Å². The van der Waals surface area contributed by atoms with E-state index in [1.54, 1.807) is 0 Å². The van der Waals surface area contributed by atoms with Crippen molar-refractivity contribution >= 4 is 5.91 Å². The minimum Gasteiger partial charge on any atom is -0.339 e. The molecule has 21 heavy (non-hydrogen) atoms. The summed E-state index contributed by atoms with van der Waals surface area (Å²) in [6, 6.07) is 8.65. The fraction of sp³-hybridized carbons (Fsp3) is 0.611. The van der Waals surface area contributed by atoms with Gasteiger partial charge < -0.3 is 9.80 Å². The van der Waals surface area contributed by atoms with E-state index in [4.69, 9.17) is 0 Å². The molecule has 0 radical (unpaired) electrons. The van der Waals surface area contributed by atoms with Gasteiger partial charge >= 0.3 is 0 Å². The first-order chi connectivity index (χ1) is 10.2. The molecule has 1 aromatic carbocycles. The van der Waals surface area contributed by atoms with Gasteiger partial charge in [-0.1, -0.05) is 24.1 Å². The third-order valence-electron chi connectivity index (χ3n) is 4.96. The minimum absolute atomic E-state index is 0.201. The standard InChI is InChI=1S/C18H26N2O/c1-15-5-7-16(8-6-15)18(21)20-13-9-17(10-14-20)19-11-3-2-4-12-19/h5-8,17H,2-4,9-14H2,1H3. The number of nitrogens with zero attached hydrogens (tertiary/aromatic N) is 2. The molecule has 0 aromatic heterocycles. The number of aryl methyl sites for hydroxylation is 1. The second kappa shape index (κ2) is 6.61. The Morgan fingerprint density at radius 2 is 1.57 bits per heavy atom. The molecule has 0 saturated carbocycles. The van der Waals surface area contributed by atoms with Gasteiger partial charge in [-0.15, -0.1) is 0 Å². The first-order valence-corrected chi connectivity index (χ1v) is 8.34. The Hall–Kier alpha value is -1.35. The molecule has 0 atom stereocenters. The van der Waals surface area contributed by atoms with Crippen LogP contribution in [-0.2, 0) is 0 Å². The Labute approximate surface area is 127 Å². The highest BCUT2D eigenvalue weighted by molar-refractivity contribution is 5.94. The van der Waals surface area contributed by atoms with Gasteiger partial charge in [0.15, 0.2) is 0 Å². The molecule has 0 unspecified atom stereocenters. The lowest BCUT2D eigenvalue weighted by molar-refractivity contribution is 0.0590. The molecule has 3 rings (SSSR count). The van der Waals surface area contributed by atoms with Crippen LogP contribution >= 0.6 is 0 Å². The number of amides is 1. The molecule has 0 N–H and O–H groups in total. The first-order valence-electron chi connectivity index (χ1n) is 8.34. The molecule has 2 saturated heterocycles. The van der Waals surface area contributed by atoms with E-state index in [-0.39, 0.29) is 5.91 Å². The largest absolute Gasteiger partial charge is 0.339 e. The first kappa shape index (κ1) is 14.6. The van der Waals surface area contributed by atoms with Crippen LogP contribution in [0.5, 0.6) is 0 Å². The summed E-state index contributed by atoms with van der Waals surface area (Å²) in [6.45, 7) is 6.40. The fourth-order valence-electron chi connectivity index (χ4n) is 3.60. The SMILES string of the molecule is Cc1ccc(C(=O)N2CCC(N3CCCCC3)CC2)cc1. The summed E-state index contributed by atoms with van der Waals surface area (Å²) in [5, 5.41) is 0. The van der Waals surface area contributed by atoms with Crippen LogP contribution in [0.3, 0.4) is 0 Å². The Kier molecular flexibility index (Phi) is 4.59. The molecule has 2 fully saturated rings. The molecule has 0 bridgehead atoms. The van der Waals surface area contributed by atoms with Crippen molar-refractivity contribution in [1.29, 1.82) is 0 Å². The van der Waals surface area contributed by atoms with Crippen LogP contribution in [0, 0.1) is 6.92 Å². The number of carbonyl (C=O) groups is 1. The van der Waals surface area contributed by atoms with Gasteiger partial charge in [-0.05, 0) is 57.8 Å². The quantitative estimate of drug-likeness (QED) is 0.834. The van der Waals surface area contributed by atoms with E-state index in [0.29, 0.717) is 6.04 Å². The van der Waals surface area contributed by atoms with Crippen molar-refractivity contribution in [2.45, 2.75) is 45.1 Å². The van der Waals surface area contributed by atoms with Gasteiger partial charge in [0.25, 0.3) is 5.91 Å². The molecule has 3 nitrogen and oxygen atoms in total. The summed E-state index contributed by atoms with van der Waals surface area (Å²) in [5.74, 6) is 0.201. The molecule has 2 heterocycles. The Bertz CT molecular complexity index is 468. The summed E-state index contributed by atoms with van der Waals surface area (Å²) in [4.78, 5) is 17.2. The van der Waals surface area contributed by atoms with Crippen LogP contribution in [0.1, 0.15) is 48.0 Å². The Morgan fingerprint density at radius 3 is 2.19 bits per heavy atom. The van der Waals surface area contributed by atoms with Crippen molar-refractivity contribution in [2.75, 3.05) is 26.2 Å². The van der Waals surface area contributed by atoms with Gasteiger partial charge in [0, 0.05) is 24.7 Å². The second-order valence-electron chi connectivity index (χ2n) is 6.49. The topological polar surface area (TPSA) is 23.6 Å². The number of carbonyl (C=O) groups excluding carboxylic acids is 1. The Balaban J connectivity index is 1.55. The molecule has 0 aliphatic carbocycles. The highest BCUT2D eigenvalue weighted by Gasteiger charge is 2.27. The van der Waals surface area contributed by atoms with Gasteiger partial charge in [-0.2, -0.15) is 0 Å². The van der Waals surface area contributed by atoms with Crippen molar-refractivity contribution in [2.24, 2.45) is 0 Å². The monoisotopic (exact) mass is 286 g/mol. The summed E-state index contributed by atoms with van der Waals surface area (Å²) in [7, 11) is 0. The zero-order chi connectivity index (χ0) is 14.7. The van der Waals surface area contributed by atoms with Crippen molar-refractivity contribution in [3.8, 4) is 0 Å². The van der Waals surface area contributed by atoms with E-state index in [1.807, 2.05) is 29.2 Å². The maximum atomic E-state index is 12.5. The van der Waals surface area contributed by atoms with Gasteiger partial charge in [-0.3, -0.25) is 4.79 Å². The van der Waals surface area contributed by atoms with Crippen LogP contribution in [0.25, 0.3) is 0 Å². The predicted molar refractivity (Wildman–Crippen MR) is 85.5 cm³/mol. The second-order valence-corrected chi connectivity index (χ2v) is 6.49. The summed E-state index contributed by atoms with van der Waals surface area (Å²) in [6.07, 6.45) is 6.36. The van der Waals surface area contributed by atoms with Gasteiger partial charge in [-0.25, -0.2) is 0 Å². The van der Waals surface area contributed by atoms with Gasteiger partial charge in [0.05, 0.1) is 0 Å². The zero-order valence-electron chi connectivity index (χ0n) is 13.1. The minimum atomic E-state index is 0.201. The average molecular weight is 286 g/mol. The maximum absolute atomic E-state index is 12.5. The smallest absolute Gasteiger partial charge is 0.253 e. The summed E-state index contributed by atoms with van der Waals surface area (Å²) in [5.41, 5.74) is 2.03. The van der Waals surface area contributed by atoms with Crippen molar-refractivity contribution < 1.29 is 4.79 Å². The van der Waals surface area contributed by atoms with Crippen LogP contribution < -0.4 is 0 Å². The molecule has 2 aliphatic heterocycles. The van der Waals surface area contributed by atoms with E-state index in [9.17, 15) is 4.79 Å². The highest BCUT2D eigenvalue weighted by atomic mass is 16.2. The number of piperidine rings is 2. The molecule has 3 heteroatoms.